The van der Waals surface area contributed by atoms with Crippen LogP contribution in [0.5, 0.6) is 0 Å². The second-order valence-corrected chi connectivity index (χ2v) is 9.45. The molecule has 0 aromatic carbocycles. The molecule has 1 aromatic heterocycles. The highest BCUT2D eigenvalue weighted by Crippen LogP contribution is 2.31. The molecule has 0 radical (unpaired) electrons. The van der Waals surface area contributed by atoms with Gasteiger partial charge in [0, 0.05) is 25.7 Å². The number of halogens is 1. The normalized spacial score (nSPS) is 11.9. The van der Waals surface area contributed by atoms with Gasteiger partial charge in [0.2, 0.25) is 0 Å². The number of ether oxygens (including phenoxy) is 1. The molecule has 152 valence electrons. The fourth-order valence-electron chi connectivity index (χ4n) is 2.30. The zero-order chi connectivity index (χ0) is 21.0. The quantitative estimate of drug-likeness (QED) is 0.622. The molecule has 0 saturated heterocycles. The first-order chi connectivity index (χ1) is 12.2. The Labute approximate surface area is 174 Å². The molecule has 9 heteroatoms. The number of anilines is 1. The molecule has 0 aliphatic heterocycles. The van der Waals surface area contributed by atoms with E-state index in [0.717, 1.165) is 5.56 Å². The van der Waals surface area contributed by atoms with Crippen LogP contribution in [0.25, 0.3) is 0 Å². The maximum atomic E-state index is 12.0. The number of amides is 2. The third kappa shape index (κ3) is 7.47. The summed E-state index contributed by atoms with van der Waals surface area (Å²) in [6, 6.07) is 1.85. The van der Waals surface area contributed by atoms with Crippen molar-refractivity contribution < 1.29 is 19.4 Å². The maximum Gasteiger partial charge on any atom is 0.413 e. The highest BCUT2D eigenvalue weighted by molar-refractivity contribution is 14.1. The van der Waals surface area contributed by atoms with Gasteiger partial charge < -0.3 is 14.7 Å². The summed E-state index contributed by atoms with van der Waals surface area (Å²) >= 11 is 2.06. The smallest absolute Gasteiger partial charge is 0.413 e. The zero-order valence-electron chi connectivity index (χ0n) is 17.0. The summed E-state index contributed by atoms with van der Waals surface area (Å²) in [4.78, 5) is 26.5. The second kappa shape index (κ2) is 9.03. The predicted octanol–water partition coefficient (Wildman–Crippen LogP) is 4.12. The van der Waals surface area contributed by atoms with E-state index in [4.69, 9.17) is 4.74 Å². The molecule has 1 heterocycles. The van der Waals surface area contributed by atoms with E-state index in [1.165, 1.54) is 9.80 Å². The van der Waals surface area contributed by atoms with Crippen LogP contribution in [0.15, 0.2) is 6.07 Å². The van der Waals surface area contributed by atoms with E-state index < -0.39 is 17.8 Å². The number of nitrogens with zero attached hydrogens (tertiary/aromatic N) is 4. The first kappa shape index (κ1) is 23.4. The van der Waals surface area contributed by atoms with Crippen LogP contribution in [0.3, 0.4) is 0 Å². The van der Waals surface area contributed by atoms with E-state index in [1.54, 1.807) is 27.8 Å². The molecule has 0 spiro atoms. The highest BCUT2D eigenvalue weighted by Gasteiger charge is 2.27. The minimum atomic E-state index is -1.10. The fraction of sp³-hybridized carbons (Fsp3) is 0.667. The molecule has 0 aliphatic rings. The minimum absolute atomic E-state index is 0.195. The highest BCUT2D eigenvalue weighted by atomic mass is 127. The summed E-state index contributed by atoms with van der Waals surface area (Å²) in [5.41, 5.74) is -0.0481. The van der Waals surface area contributed by atoms with Crippen LogP contribution in [-0.4, -0.2) is 58.1 Å². The Bertz CT molecular complexity index is 683. The summed E-state index contributed by atoms with van der Waals surface area (Å²) < 4.78 is 6.00. The SMILES string of the molecule is CN(CCCN(C(=O)O)c1nnc(I)cc1C(C)(C)C)C(=O)OC(C)(C)C. The monoisotopic (exact) mass is 492 g/mol. The minimum Gasteiger partial charge on any atom is -0.465 e. The molecule has 0 saturated carbocycles. The number of aromatic nitrogens is 2. The van der Waals surface area contributed by atoms with Crippen molar-refractivity contribution in [3.05, 3.63) is 15.3 Å². The van der Waals surface area contributed by atoms with Crippen LogP contribution in [0.2, 0.25) is 0 Å². The summed E-state index contributed by atoms with van der Waals surface area (Å²) in [7, 11) is 1.63. The molecule has 8 nitrogen and oxygen atoms in total. The van der Waals surface area contributed by atoms with E-state index in [9.17, 15) is 14.7 Å². The Morgan fingerprint density at radius 1 is 1.15 bits per heavy atom. The van der Waals surface area contributed by atoms with Crippen LogP contribution >= 0.6 is 22.6 Å². The second-order valence-electron chi connectivity index (χ2n) is 8.34. The third-order valence-electron chi connectivity index (χ3n) is 3.62. The van der Waals surface area contributed by atoms with E-state index in [0.29, 0.717) is 22.5 Å². The van der Waals surface area contributed by atoms with Gasteiger partial charge in [-0.1, -0.05) is 20.8 Å². The molecule has 0 fully saturated rings. The van der Waals surface area contributed by atoms with E-state index in [-0.39, 0.29) is 12.0 Å². The van der Waals surface area contributed by atoms with Crippen molar-refractivity contribution in [2.75, 3.05) is 25.0 Å². The number of carbonyl (C=O) groups excluding carboxylic acids is 1. The van der Waals surface area contributed by atoms with Crippen molar-refractivity contribution >= 4 is 40.6 Å². The third-order valence-corrected chi connectivity index (χ3v) is 4.15. The molecule has 1 N–H and O–H groups in total. The van der Waals surface area contributed by atoms with Crippen molar-refractivity contribution in [2.24, 2.45) is 0 Å². The van der Waals surface area contributed by atoms with Gasteiger partial charge in [0.05, 0.1) is 0 Å². The lowest BCUT2D eigenvalue weighted by Crippen LogP contribution is -2.38. The van der Waals surface area contributed by atoms with Crippen LogP contribution in [0.1, 0.15) is 53.5 Å². The standard InChI is InChI=1S/C18H29IN4O4/c1-17(2,3)12-11-13(19)20-21-14(12)23(15(24)25)10-8-9-22(7)16(26)27-18(4,5)6/h11H,8-10H2,1-7H3,(H,24,25). The van der Waals surface area contributed by atoms with Gasteiger partial charge >= 0.3 is 12.2 Å². The molecule has 1 aromatic rings. The Morgan fingerprint density at radius 2 is 1.74 bits per heavy atom. The molecular weight excluding hydrogens is 463 g/mol. The molecule has 1 rings (SSSR count). The van der Waals surface area contributed by atoms with Crippen LogP contribution in [0.4, 0.5) is 15.4 Å². The van der Waals surface area contributed by atoms with Gasteiger partial charge in [0.15, 0.2) is 5.82 Å². The Hall–Kier alpha value is -1.65. The van der Waals surface area contributed by atoms with Crippen molar-refractivity contribution in [3.63, 3.8) is 0 Å². The van der Waals surface area contributed by atoms with Crippen molar-refractivity contribution in [2.45, 2.75) is 59.0 Å². The van der Waals surface area contributed by atoms with Gasteiger partial charge in [-0.25, -0.2) is 9.59 Å². The number of carbonyl (C=O) groups is 2. The maximum absolute atomic E-state index is 12.0. The van der Waals surface area contributed by atoms with Crippen molar-refractivity contribution in [3.8, 4) is 0 Å². The van der Waals surface area contributed by atoms with E-state index in [2.05, 4.69) is 32.8 Å². The van der Waals surface area contributed by atoms with Crippen LogP contribution < -0.4 is 4.90 Å². The van der Waals surface area contributed by atoms with Gasteiger partial charge in [-0.15, -0.1) is 10.2 Å². The lowest BCUT2D eigenvalue weighted by Gasteiger charge is -2.28. The average Bonchev–Trinajstić information content (AvgIpc) is 2.48. The fourth-order valence-corrected chi connectivity index (χ4v) is 2.72. The van der Waals surface area contributed by atoms with Gasteiger partial charge in [0.25, 0.3) is 0 Å². The Balaban J connectivity index is 2.88. The first-order valence-electron chi connectivity index (χ1n) is 8.70. The van der Waals surface area contributed by atoms with Gasteiger partial charge in [0.1, 0.15) is 9.30 Å². The van der Waals surface area contributed by atoms with Gasteiger partial charge in [-0.05, 0) is 61.3 Å². The molecule has 0 unspecified atom stereocenters. The molecule has 0 atom stereocenters. The molecule has 0 aliphatic carbocycles. The lowest BCUT2D eigenvalue weighted by atomic mass is 9.87. The number of hydrogen-bond donors (Lipinski definition) is 1. The first-order valence-corrected chi connectivity index (χ1v) is 9.78. The van der Waals surface area contributed by atoms with Crippen LogP contribution in [-0.2, 0) is 10.2 Å². The number of rotatable bonds is 5. The topological polar surface area (TPSA) is 95.9 Å². The molecule has 2 amide bonds. The zero-order valence-corrected chi connectivity index (χ0v) is 19.2. The van der Waals surface area contributed by atoms with Crippen LogP contribution in [0, 0.1) is 3.70 Å². The average molecular weight is 492 g/mol. The van der Waals surface area contributed by atoms with Gasteiger partial charge in [-0.2, -0.15) is 0 Å². The van der Waals surface area contributed by atoms with Crippen molar-refractivity contribution in [1.82, 2.24) is 15.1 Å². The summed E-state index contributed by atoms with van der Waals surface area (Å²) in [6.45, 7) is 12.0. The summed E-state index contributed by atoms with van der Waals surface area (Å²) in [6.07, 6.45) is -1.09. The molecule has 27 heavy (non-hydrogen) atoms. The Morgan fingerprint density at radius 3 is 2.22 bits per heavy atom. The molecular formula is C18H29IN4O4. The van der Waals surface area contributed by atoms with E-state index in [1.807, 2.05) is 26.8 Å². The largest absolute Gasteiger partial charge is 0.465 e. The van der Waals surface area contributed by atoms with E-state index >= 15 is 0 Å². The lowest BCUT2D eigenvalue weighted by molar-refractivity contribution is 0.0298. The number of hydrogen-bond acceptors (Lipinski definition) is 5. The number of carboxylic acid groups (broad SMARTS) is 1. The summed E-state index contributed by atoms with van der Waals surface area (Å²) in [5, 5.41) is 17.8. The summed E-state index contributed by atoms with van der Waals surface area (Å²) in [5.74, 6) is 0.329. The predicted molar refractivity (Wildman–Crippen MR) is 112 cm³/mol. The van der Waals surface area contributed by atoms with Crippen molar-refractivity contribution in [1.29, 1.82) is 0 Å². The Kier molecular flexibility index (Phi) is 7.82. The van der Waals surface area contributed by atoms with Gasteiger partial charge in [-0.3, -0.25) is 4.90 Å². The molecule has 0 bridgehead atoms.